The number of hydrogen-bond acceptors (Lipinski definition) is 4. The van der Waals surface area contributed by atoms with E-state index < -0.39 is 41.6 Å². The van der Waals surface area contributed by atoms with Gasteiger partial charge in [0.25, 0.3) is 0 Å². The molecule has 0 aromatic rings. The van der Waals surface area contributed by atoms with E-state index in [1.54, 1.807) is 0 Å². The molecule has 0 saturated heterocycles. The van der Waals surface area contributed by atoms with Gasteiger partial charge in [-0.15, -0.1) is 0 Å². The van der Waals surface area contributed by atoms with Crippen molar-refractivity contribution >= 4 is 23.9 Å². The Morgan fingerprint density at radius 3 is 1.57 bits per heavy atom. The summed E-state index contributed by atoms with van der Waals surface area (Å²) in [4.78, 5) is 43.4. The van der Waals surface area contributed by atoms with Gasteiger partial charge in [-0.2, -0.15) is 0 Å². The van der Waals surface area contributed by atoms with Gasteiger partial charge in [0.05, 0.1) is 0 Å². The van der Waals surface area contributed by atoms with E-state index in [1.165, 1.54) is 0 Å². The summed E-state index contributed by atoms with van der Waals surface area (Å²) < 4.78 is 0. The standard InChI is InChI=1S/C13H19O8/c1-2-4-7(9(12(18)19)13(20)21)5-3-6-8(10(14)15)11(16)17/h7-9H,1-6H2,(H,14,15)(H,16,17)(H,18,19)(H,20,21). The lowest BCUT2D eigenvalue weighted by atomic mass is 9.83. The topological polar surface area (TPSA) is 149 Å². The molecule has 119 valence electrons. The van der Waals surface area contributed by atoms with Gasteiger partial charge in [-0.1, -0.05) is 19.8 Å². The van der Waals surface area contributed by atoms with Crippen molar-refractivity contribution < 1.29 is 39.6 Å². The van der Waals surface area contributed by atoms with Crippen molar-refractivity contribution in [3.05, 3.63) is 6.92 Å². The molecule has 0 amide bonds. The third-order valence-electron chi connectivity index (χ3n) is 3.24. The highest BCUT2D eigenvalue weighted by Crippen LogP contribution is 2.26. The van der Waals surface area contributed by atoms with Crippen LogP contribution in [0.5, 0.6) is 0 Å². The van der Waals surface area contributed by atoms with E-state index >= 15 is 0 Å². The second kappa shape index (κ2) is 8.93. The first-order chi connectivity index (χ1) is 9.72. The maximum atomic E-state index is 11.0. The SMILES string of the molecule is [CH2]CCC(CCCC(C(=O)O)C(=O)O)C(C(=O)O)C(=O)O. The highest BCUT2D eigenvalue weighted by molar-refractivity contribution is 5.93. The number of carbonyl (C=O) groups is 4. The van der Waals surface area contributed by atoms with E-state index in [4.69, 9.17) is 20.4 Å². The van der Waals surface area contributed by atoms with E-state index in [1.807, 2.05) is 0 Å². The van der Waals surface area contributed by atoms with Crippen LogP contribution in [0.25, 0.3) is 0 Å². The molecule has 21 heavy (non-hydrogen) atoms. The molecule has 0 aromatic carbocycles. The van der Waals surface area contributed by atoms with Crippen molar-refractivity contribution in [1.29, 1.82) is 0 Å². The van der Waals surface area contributed by atoms with Gasteiger partial charge < -0.3 is 20.4 Å². The average molecular weight is 303 g/mol. The van der Waals surface area contributed by atoms with Gasteiger partial charge in [0.15, 0.2) is 11.8 Å². The molecule has 0 heterocycles. The van der Waals surface area contributed by atoms with E-state index in [0.717, 1.165) is 0 Å². The molecule has 1 atom stereocenters. The Labute approximate surface area is 121 Å². The molecule has 4 N–H and O–H groups in total. The van der Waals surface area contributed by atoms with Crippen molar-refractivity contribution in [2.24, 2.45) is 17.8 Å². The second-order valence-corrected chi connectivity index (χ2v) is 4.72. The molecule has 0 rings (SSSR count). The first-order valence-corrected chi connectivity index (χ1v) is 6.42. The Bertz CT molecular complexity index is 375. The molecular formula is C13H19O8. The Hall–Kier alpha value is -2.12. The lowest BCUT2D eigenvalue weighted by Crippen LogP contribution is -2.31. The van der Waals surface area contributed by atoms with Crippen LogP contribution in [-0.2, 0) is 19.2 Å². The molecule has 0 aliphatic rings. The van der Waals surface area contributed by atoms with Crippen LogP contribution in [0, 0.1) is 24.7 Å². The van der Waals surface area contributed by atoms with Gasteiger partial charge in [-0.05, 0) is 25.2 Å². The summed E-state index contributed by atoms with van der Waals surface area (Å²) in [6, 6.07) is 0. The van der Waals surface area contributed by atoms with E-state index in [9.17, 15) is 19.2 Å². The predicted molar refractivity (Wildman–Crippen MR) is 69.5 cm³/mol. The molecule has 8 heteroatoms. The molecule has 0 fully saturated rings. The Morgan fingerprint density at radius 2 is 1.24 bits per heavy atom. The minimum atomic E-state index is -1.60. The van der Waals surface area contributed by atoms with Crippen molar-refractivity contribution in [3.63, 3.8) is 0 Å². The monoisotopic (exact) mass is 303 g/mol. The zero-order chi connectivity index (χ0) is 16.6. The van der Waals surface area contributed by atoms with Gasteiger partial charge >= 0.3 is 23.9 Å². The van der Waals surface area contributed by atoms with Gasteiger partial charge in [0.2, 0.25) is 0 Å². The largest absolute Gasteiger partial charge is 0.481 e. The number of carboxylic acid groups (broad SMARTS) is 4. The third-order valence-corrected chi connectivity index (χ3v) is 3.24. The maximum absolute atomic E-state index is 11.0. The molecule has 0 saturated carbocycles. The quantitative estimate of drug-likeness (QED) is 0.412. The fraction of sp³-hybridized carbons (Fsp3) is 0.615. The minimum Gasteiger partial charge on any atom is -0.481 e. The number of hydrogen-bond donors (Lipinski definition) is 4. The van der Waals surface area contributed by atoms with Crippen LogP contribution in [-0.4, -0.2) is 44.3 Å². The second-order valence-electron chi connectivity index (χ2n) is 4.72. The molecule has 0 aliphatic carbocycles. The fourth-order valence-corrected chi connectivity index (χ4v) is 2.19. The smallest absolute Gasteiger partial charge is 0.318 e. The highest BCUT2D eigenvalue weighted by Gasteiger charge is 2.34. The van der Waals surface area contributed by atoms with Crippen molar-refractivity contribution in [1.82, 2.24) is 0 Å². The lowest BCUT2D eigenvalue weighted by Gasteiger charge is -2.20. The molecule has 1 unspecified atom stereocenters. The Morgan fingerprint density at radius 1 is 0.762 bits per heavy atom. The lowest BCUT2D eigenvalue weighted by molar-refractivity contribution is -0.159. The summed E-state index contributed by atoms with van der Waals surface area (Å²) in [6.45, 7) is 3.55. The van der Waals surface area contributed by atoms with Crippen LogP contribution in [0.2, 0.25) is 0 Å². The normalized spacial score (nSPS) is 12.3. The number of carboxylic acids is 4. The summed E-state index contributed by atoms with van der Waals surface area (Å²) in [5.41, 5.74) is 0. The van der Waals surface area contributed by atoms with Gasteiger partial charge in [-0.3, -0.25) is 19.2 Å². The average Bonchev–Trinajstić information content (AvgIpc) is 2.32. The van der Waals surface area contributed by atoms with Gasteiger partial charge in [-0.25, -0.2) is 0 Å². The third kappa shape index (κ3) is 6.24. The fourth-order valence-electron chi connectivity index (χ4n) is 2.19. The number of aliphatic carboxylic acids is 4. The first-order valence-electron chi connectivity index (χ1n) is 6.42. The summed E-state index contributed by atoms with van der Waals surface area (Å²) in [5.74, 6) is -9.74. The van der Waals surface area contributed by atoms with E-state index in [-0.39, 0.29) is 25.7 Å². The first kappa shape index (κ1) is 18.9. The van der Waals surface area contributed by atoms with Crippen LogP contribution >= 0.6 is 0 Å². The Balaban J connectivity index is 4.72. The summed E-state index contributed by atoms with van der Waals surface area (Å²) >= 11 is 0. The zero-order valence-electron chi connectivity index (χ0n) is 11.4. The van der Waals surface area contributed by atoms with Crippen molar-refractivity contribution in [2.75, 3.05) is 0 Å². The summed E-state index contributed by atoms with van der Waals surface area (Å²) in [7, 11) is 0. The summed E-state index contributed by atoms with van der Waals surface area (Å²) in [5, 5.41) is 35.3. The molecule has 0 aromatic heterocycles. The molecular weight excluding hydrogens is 284 g/mol. The molecule has 0 aliphatic heterocycles. The van der Waals surface area contributed by atoms with Crippen LogP contribution in [0.3, 0.4) is 0 Å². The van der Waals surface area contributed by atoms with E-state index in [0.29, 0.717) is 6.42 Å². The molecule has 8 nitrogen and oxygen atoms in total. The maximum Gasteiger partial charge on any atom is 0.318 e. The van der Waals surface area contributed by atoms with Gasteiger partial charge in [0.1, 0.15) is 0 Å². The molecule has 0 bridgehead atoms. The van der Waals surface area contributed by atoms with Crippen molar-refractivity contribution in [2.45, 2.75) is 32.1 Å². The van der Waals surface area contributed by atoms with Crippen LogP contribution in [0.1, 0.15) is 32.1 Å². The van der Waals surface area contributed by atoms with Crippen LogP contribution < -0.4 is 0 Å². The number of rotatable bonds is 11. The van der Waals surface area contributed by atoms with Gasteiger partial charge in [0, 0.05) is 0 Å². The predicted octanol–water partition coefficient (Wildman–Crippen LogP) is 0.958. The Kier molecular flexibility index (Phi) is 8.03. The zero-order valence-corrected chi connectivity index (χ0v) is 11.4. The van der Waals surface area contributed by atoms with Crippen LogP contribution in [0.4, 0.5) is 0 Å². The van der Waals surface area contributed by atoms with Crippen molar-refractivity contribution in [3.8, 4) is 0 Å². The summed E-state index contributed by atoms with van der Waals surface area (Å²) in [6.07, 6.45) is 0.655. The highest BCUT2D eigenvalue weighted by atomic mass is 16.4. The van der Waals surface area contributed by atoms with Crippen LogP contribution in [0.15, 0.2) is 0 Å². The minimum absolute atomic E-state index is 0.116. The molecule has 1 radical (unpaired) electrons. The van der Waals surface area contributed by atoms with E-state index in [2.05, 4.69) is 6.92 Å². The molecule has 0 spiro atoms.